The zero-order valence-electron chi connectivity index (χ0n) is 17.4. The van der Waals surface area contributed by atoms with Crippen molar-refractivity contribution in [2.24, 2.45) is 0 Å². The number of amides is 1. The van der Waals surface area contributed by atoms with Crippen LogP contribution in [0.5, 0.6) is 11.5 Å². The minimum Gasteiger partial charge on any atom is -0.490 e. The molecule has 0 N–H and O–H groups in total. The molecule has 0 spiro atoms. The van der Waals surface area contributed by atoms with E-state index in [4.69, 9.17) is 9.47 Å². The van der Waals surface area contributed by atoms with E-state index in [1.54, 1.807) is 38.4 Å². The van der Waals surface area contributed by atoms with Crippen LogP contribution in [0.1, 0.15) is 18.1 Å². The van der Waals surface area contributed by atoms with Crippen LogP contribution in [0.3, 0.4) is 0 Å². The lowest BCUT2D eigenvalue weighted by molar-refractivity contribution is -0.124. The van der Waals surface area contributed by atoms with Gasteiger partial charge in [0.25, 0.3) is 5.91 Å². The topological polar surface area (TPSA) is 62.6 Å². The Labute approximate surface area is 176 Å². The van der Waals surface area contributed by atoms with Crippen molar-refractivity contribution >= 4 is 22.8 Å². The molecule has 0 aromatic heterocycles. The summed E-state index contributed by atoms with van der Waals surface area (Å²) in [5, 5.41) is 11.7. The highest BCUT2D eigenvalue weighted by Crippen LogP contribution is 2.30. The monoisotopic (exact) mass is 400 g/mol. The minimum atomic E-state index is -0.341. The predicted octanol–water partition coefficient (Wildman–Crippen LogP) is 4.81. The summed E-state index contributed by atoms with van der Waals surface area (Å²) in [6.45, 7) is 2.77. The van der Waals surface area contributed by atoms with Crippen LogP contribution < -0.4 is 9.47 Å². The molecule has 5 heteroatoms. The molecule has 1 amide bonds. The first-order valence-corrected chi connectivity index (χ1v) is 9.72. The first kappa shape index (κ1) is 20.9. The minimum absolute atomic E-state index is 0.0623. The molecule has 5 nitrogen and oxygen atoms in total. The first-order valence-electron chi connectivity index (χ1n) is 9.72. The fourth-order valence-electron chi connectivity index (χ4n) is 3.04. The molecule has 0 aliphatic carbocycles. The van der Waals surface area contributed by atoms with Crippen molar-refractivity contribution in [2.45, 2.75) is 13.5 Å². The molecule has 0 saturated carbocycles. The van der Waals surface area contributed by atoms with Crippen LogP contribution >= 0.6 is 0 Å². The first-order chi connectivity index (χ1) is 14.5. The second kappa shape index (κ2) is 9.62. The average Bonchev–Trinajstić information content (AvgIpc) is 2.76. The van der Waals surface area contributed by atoms with Gasteiger partial charge in [0.15, 0.2) is 11.5 Å². The summed E-state index contributed by atoms with van der Waals surface area (Å²) in [5.74, 6) is 0.841. The van der Waals surface area contributed by atoms with Gasteiger partial charge in [0.05, 0.1) is 6.61 Å². The van der Waals surface area contributed by atoms with Crippen LogP contribution in [-0.4, -0.2) is 31.5 Å². The molecule has 3 aromatic rings. The Bertz CT molecular complexity index is 1130. The summed E-state index contributed by atoms with van der Waals surface area (Å²) in [5.41, 5.74) is 1.82. The molecule has 3 rings (SSSR count). The number of ether oxygens (including phenoxy) is 2. The zero-order chi connectivity index (χ0) is 21.5. The summed E-state index contributed by atoms with van der Waals surface area (Å²) in [4.78, 5) is 13.5. The summed E-state index contributed by atoms with van der Waals surface area (Å²) in [6.07, 6.45) is 1.55. The standard InChI is InChI=1S/C25H24N2O3/c1-4-29-24-15-18(13-22(16-26)25(28)27(2)3)10-12-23(24)30-17-19-9-11-20-7-5-6-8-21(20)14-19/h5-15H,4,17H2,1-3H3/b22-13-. The molecule has 0 heterocycles. The number of nitriles is 1. The molecular formula is C25H24N2O3. The Morgan fingerprint density at radius 3 is 2.47 bits per heavy atom. The number of benzene rings is 3. The van der Waals surface area contributed by atoms with E-state index in [-0.39, 0.29) is 11.5 Å². The Morgan fingerprint density at radius 1 is 1.00 bits per heavy atom. The number of hydrogen-bond donors (Lipinski definition) is 0. The van der Waals surface area contributed by atoms with E-state index < -0.39 is 0 Å². The normalized spacial score (nSPS) is 11.1. The van der Waals surface area contributed by atoms with Gasteiger partial charge in [0, 0.05) is 14.1 Å². The fourth-order valence-corrected chi connectivity index (χ4v) is 3.04. The Kier molecular flexibility index (Phi) is 6.71. The molecule has 0 unspecified atom stereocenters. The second-order valence-corrected chi connectivity index (χ2v) is 6.98. The van der Waals surface area contributed by atoms with Crippen LogP contribution in [0.15, 0.2) is 66.2 Å². The molecule has 30 heavy (non-hydrogen) atoms. The highest BCUT2D eigenvalue weighted by Gasteiger charge is 2.12. The maximum atomic E-state index is 12.1. The third kappa shape index (κ3) is 4.98. The maximum Gasteiger partial charge on any atom is 0.264 e. The van der Waals surface area contributed by atoms with Crippen molar-refractivity contribution in [3.05, 3.63) is 77.4 Å². The lowest BCUT2D eigenvalue weighted by Crippen LogP contribution is -2.22. The molecule has 0 aliphatic rings. The van der Waals surface area contributed by atoms with Gasteiger partial charge in [-0.05, 0) is 53.1 Å². The van der Waals surface area contributed by atoms with Gasteiger partial charge < -0.3 is 14.4 Å². The summed E-state index contributed by atoms with van der Waals surface area (Å²) >= 11 is 0. The van der Waals surface area contributed by atoms with Crippen LogP contribution in [-0.2, 0) is 11.4 Å². The molecule has 0 radical (unpaired) electrons. The van der Waals surface area contributed by atoms with E-state index in [2.05, 4.69) is 24.3 Å². The van der Waals surface area contributed by atoms with Crippen LogP contribution in [0, 0.1) is 11.3 Å². The Morgan fingerprint density at radius 2 is 1.77 bits per heavy atom. The lowest BCUT2D eigenvalue weighted by atomic mass is 10.1. The van der Waals surface area contributed by atoms with E-state index in [9.17, 15) is 10.1 Å². The molecule has 0 fully saturated rings. The molecule has 0 saturated heterocycles. The smallest absolute Gasteiger partial charge is 0.264 e. The number of fused-ring (bicyclic) bond motifs is 1. The van der Waals surface area contributed by atoms with Gasteiger partial charge in [-0.2, -0.15) is 5.26 Å². The third-order valence-electron chi connectivity index (χ3n) is 4.54. The van der Waals surface area contributed by atoms with Crippen LogP contribution in [0.2, 0.25) is 0 Å². The van der Waals surface area contributed by atoms with Gasteiger partial charge in [-0.15, -0.1) is 0 Å². The van der Waals surface area contributed by atoms with E-state index in [0.29, 0.717) is 30.3 Å². The van der Waals surface area contributed by atoms with Crippen molar-refractivity contribution < 1.29 is 14.3 Å². The van der Waals surface area contributed by atoms with Crippen molar-refractivity contribution in [2.75, 3.05) is 20.7 Å². The molecule has 152 valence electrons. The Balaban J connectivity index is 1.82. The van der Waals surface area contributed by atoms with Gasteiger partial charge in [-0.1, -0.05) is 42.5 Å². The number of carbonyl (C=O) groups excluding carboxylic acids is 1. The fraction of sp³-hybridized carbons (Fsp3) is 0.200. The van der Waals surface area contributed by atoms with E-state index in [1.807, 2.05) is 31.2 Å². The molecule has 0 atom stereocenters. The average molecular weight is 400 g/mol. The highest BCUT2D eigenvalue weighted by molar-refractivity contribution is 6.01. The number of carbonyl (C=O) groups is 1. The van der Waals surface area contributed by atoms with Crippen molar-refractivity contribution in [3.63, 3.8) is 0 Å². The largest absolute Gasteiger partial charge is 0.490 e. The summed E-state index contributed by atoms with van der Waals surface area (Å²) in [6, 6.07) is 21.8. The predicted molar refractivity (Wildman–Crippen MR) is 118 cm³/mol. The van der Waals surface area contributed by atoms with Gasteiger partial charge >= 0.3 is 0 Å². The second-order valence-electron chi connectivity index (χ2n) is 6.98. The van der Waals surface area contributed by atoms with Crippen LogP contribution in [0.25, 0.3) is 16.8 Å². The number of nitrogens with zero attached hydrogens (tertiary/aromatic N) is 2. The highest BCUT2D eigenvalue weighted by atomic mass is 16.5. The van der Waals surface area contributed by atoms with E-state index in [1.165, 1.54) is 15.7 Å². The van der Waals surface area contributed by atoms with Crippen molar-refractivity contribution in [1.29, 1.82) is 5.26 Å². The Hall–Kier alpha value is -3.78. The van der Waals surface area contributed by atoms with Crippen molar-refractivity contribution in [3.8, 4) is 17.6 Å². The van der Waals surface area contributed by atoms with Crippen molar-refractivity contribution in [1.82, 2.24) is 4.90 Å². The molecular weight excluding hydrogens is 376 g/mol. The van der Waals surface area contributed by atoms with Gasteiger partial charge in [-0.25, -0.2) is 0 Å². The molecule has 3 aromatic carbocycles. The van der Waals surface area contributed by atoms with Gasteiger partial charge in [-0.3, -0.25) is 4.79 Å². The number of likely N-dealkylation sites (N-methyl/N-ethyl adjacent to an activating group) is 1. The van der Waals surface area contributed by atoms with E-state index in [0.717, 1.165) is 5.56 Å². The molecule has 0 bridgehead atoms. The summed E-state index contributed by atoms with van der Waals surface area (Å²) in [7, 11) is 3.23. The summed E-state index contributed by atoms with van der Waals surface area (Å²) < 4.78 is 11.7. The lowest BCUT2D eigenvalue weighted by Gasteiger charge is -2.13. The number of hydrogen-bond acceptors (Lipinski definition) is 4. The third-order valence-corrected chi connectivity index (χ3v) is 4.54. The quantitative estimate of drug-likeness (QED) is 0.422. The maximum absolute atomic E-state index is 12.1. The van der Waals surface area contributed by atoms with Crippen LogP contribution in [0.4, 0.5) is 0 Å². The van der Waals surface area contributed by atoms with Gasteiger partial charge in [0.2, 0.25) is 0 Å². The zero-order valence-corrected chi connectivity index (χ0v) is 17.4. The molecule has 0 aliphatic heterocycles. The van der Waals surface area contributed by atoms with E-state index >= 15 is 0 Å². The SMILES string of the molecule is CCOc1cc(/C=C(/C#N)C(=O)N(C)C)ccc1OCc1ccc2ccccc2c1. The number of rotatable bonds is 7. The van der Waals surface area contributed by atoms with Gasteiger partial charge in [0.1, 0.15) is 18.2 Å².